The maximum Gasteiger partial charge on any atom is 0.234 e. The molecule has 0 bridgehead atoms. The van der Waals surface area contributed by atoms with Gasteiger partial charge in [-0.05, 0) is 24.6 Å². The van der Waals surface area contributed by atoms with Gasteiger partial charge in [0, 0.05) is 0 Å². The third-order valence-electron chi connectivity index (χ3n) is 2.40. The van der Waals surface area contributed by atoms with Crippen LogP contribution in [-0.4, -0.2) is 18.3 Å². The lowest BCUT2D eigenvalue weighted by Crippen LogP contribution is -2.22. The highest BCUT2D eigenvalue weighted by molar-refractivity contribution is 8.01. The lowest BCUT2D eigenvalue weighted by Gasteiger charge is -2.09. The van der Waals surface area contributed by atoms with E-state index in [9.17, 15) is 4.79 Å². The maximum atomic E-state index is 11.3. The van der Waals surface area contributed by atoms with Gasteiger partial charge in [0.1, 0.15) is 11.1 Å². The molecule has 15 heavy (non-hydrogen) atoms. The molecule has 3 nitrogen and oxygen atoms in total. The first-order chi connectivity index (χ1) is 7.20. The van der Waals surface area contributed by atoms with Crippen LogP contribution in [0.25, 0.3) is 0 Å². The number of carbonyl (C=O) groups is 1. The molecule has 0 saturated carbocycles. The smallest absolute Gasteiger partial charge is 0.234 e. The first-order valence-electron chi connectivity index (χ1n) is 4.80. The Labute approximate surface area is 93.2 Å². The summed E-state index contributed by atoms with van der Waals surface area (Å²) in [6.45, 7) is 1.92. The van der Waals surface area contributed by atoms with Crippen molar-refractivity contribution in [3.05, 3.63) is 29.8 Å². The van der Waals surface area contributed by atoms with Crippen LogP contribution >= 0.6 is 11.8 Å². The second-order valence-electron chi connectivity index (χ2n) is 3.44. The Morgan fingerprint density at radius 1 is 1.33 bits per heavy atom. The van der Waals surface area contributed by atoms with Crippen LogP contribution in [0.15, 0.2) is 24.3 Å². The average molecular weight is 223 g/mol. The molecule has 1 aromatic carbocycles. The number of ether oxygens (including phenoxy) is 1. The van der Waals surface area contributed by atoms with Gasteiger partial charge in [0.15, 0.2) is 0 Å². The van der Waals surface area contributed by atoms with Crippen LogP contribution in [0.3, 0.4) is 0 Å². The molecule has 1 heterocycles. The van der Waals surface area contributed by atoms with Gasteiger partial charge in [-0.1, -0.05) is 12.1 Å². The predicted molar refractivity (Wildman–Crippen MR) is 60.9 cm³/mol. The van der Waals surface area contributed by atoms with Crippen LogP contribution in [0, 0.1) is 0 Å². The molecule has 1 N–H and O–H groups in total. The minimum Gasteiger partial charge on any atom is -0.497 e. The summed E-state index contributed by atoms with van der Waals surface area (Å²) in [6, 6.07) is 7.78. The van der Waals surface area contributed by atoms with Crippen molar-refractivity contribution in [1.82, 2.24) is 5.32 Å². The summed E-state index contributed by atoms with van der Waals surface area (Å²) < 4.78 is 5.08. The lowest BCUT2D eigenvalue weighted by molar-refractivity contribution is -0.119. The number of hydrogen-bond acceptors (Lipinski definition) is 3. The Kier molecular flexibility index (Phi) is 2.86. The van der Waals surface area contributed by atoms with Crippen LogP contribution in [0.4, 0.5) is 0 Å². The average Bonchev–Trinajstić information content (AvgIpc) is 2.59. The van der Waals surface area contributed by atoms with Gasteiger partial charge in [-0.2, -0.15) is 0 Å². The Morgan fingerprint density at radius 2 is 2.00 bits per heavy atom. The van der Waals surface area contributed by atoms with E-state index in [1.54, 1.807) is 18.9 Å². The van der Waals surface area contributed by atoms with Crippen molar-refractivity contribution in [2.45, 2.75) is 17.5 Å². The van der Waals surface area contributed by atoms with Crippen molar-refractivity contribution >= 4 is 17.7 Å². The van der Waals surface area contributed by atoms with E-state index in [-0.39, 0.29) is 16.5 Å². The van der Waals surface area contributed by atoms with Gasteiger partial charge in [0.05, 0.1) is 12.4 Å². The highest BCUT2D eigenvalue weighted by Crippen LogP contribution is 2.35. The normalized spacial score (nSPS) is 25.1. The molecule has 0 radical (unpaired) electrons. The molecule has 0 spiro atoms. The zero-order chi connectivity index (χ0) is 10.8. The summed E-state index contributed by atoms with van der Waals surface area (Å²) in [4.78, 5) is 11.3. The molecule has 1 aliphatic rings. The van der Waals surface area contributed by atoms with Gasteiger partial charge in [0.25, 0.3) is 0 Å². The van der Waals surface area contributed by atoms with Gasteiger partial charge in [-0.15, -0.1) is 11.8 Å². The molecule has 1 saturated heterocycles. The number of benzene rings is 1. The Bertz CT molecular complexity index is 363. The maximum absolute atomic E-state index is 11.3. The van der Waals surface area contributed by atoms with Gasteiger partial charge in [0.2, 0.25) is 5.91 Å². The number of hydrogen-bond donors (Lipinski definition) is 1. The van der Waals surface area contributed by atoms with Gasteiger partial charge < -0.3 is 10.1 Å². The third kappa shape index (κ3) is 2.09. The lowest BCUT2D eigenvalue weighted by atomic mass is 10.2. The van der Waals surface area contributed by atoms with Gasteiger partial charge in [-0.3, -0.25) is 4.79 Å². The third-order valence-corrected chi connectivity index (χ3v) is 3.69. The molecule has 1 fully saturated rings. The second-order valence-corrected chi connectivity index (χ2v) is 4.89. The molecule has 4 heteroatoms. The quantitative estimate of drug-likeness (QED) is 0.832. The monoisotopic (exact) mass is 223 g/mol. The van der Waals surface area contributed by atoms with Crippen LogP contribution in [0.5, 0.6) is 5.75 Å². The van der Waals surface area contributed by atoms with Crippen LogP contribution in [0.2, 0.25) is 0 Å². The topological polar surface area (TPSA) is 38.3 Å². The van der Waals surface area contributed by atoms with E-state index in [2.05, 4.69) is 5.32 Å². The molecule has 80 valence electrons. The van der Waals surface area contributed by atoms with E-state index in [0.29, 0.717) is 0 Å². The molecule has 1 aliphatic heterocycles. The van der Waals surface area contributed by atoms with Crippen LogP contribution in [-0.2, 0) is 4.79 Å². The Morgan fingerprint density at radius 3 is 2.47 bits per heavy atom. The van der Waals surface area contributed by atoms with E-state index in [0.717, 1.165) is 11.3 Å². The van der Waals surface area contributed by atoms with Crippen molar-refractivity contribution in [1.29, 1.82) is 0 Å². The number of amides is 1. The first-order valence-corrected chi connectivity index (χ1v) is 5.75. The second kappa shape index (κ2) is 4.14. The van der Waals surface area contributed by atoms with E-state index in [4.69, 9.17) is 4.74 Å². The molecule has 2 atom stereocenters. The predicted octanol–water partition coefficient (Wildman–Crippen LogP) is 1.95. The highest BCUT2D eigenvalue weighted by Gasteiger charge is 2.29. The number of nitrogens with one attached hydrogen (secondary N) is 1. The van der Waals surface area contributed by atoms with Crippen LogP contribution in [0.1, 0.15) is 17.9 Å². The summed E-state index contributed by atoms with van der Waals surface area (Å²) in [5.41, 5.74) is 1.11. The van der Waals surface area contributed by atoms with Crippen LogP contribution < -0.4 is 10.1 Å². The molecule has 1 aromatic rings. The molecular weight excluding hydrogens is 210 g/mol. The first kappa shape index (κ1) is 10.4. The number of thioether (sulfide) groups is 1. The summed E-state index contributed by atoms with van der Waals surface area (Å²) in [5.74, 6) is 0.946. The fourth-order valence-corrected chi connectivity index (χ4v) is 2.59. The molecule has 0 aromatic heterocycles. The van der Waals surface area contributed by atoms with Crippen molar-refractivity contribution in [2.24, 2.45) is 0 Å². The summed E-state index contributed by atoms with van der Waals surface area (Å²) in [7, 11) is 1.64. The molecule has 0 aliphatic carbocycles. The molecular formula is C11H13NO2S. The van der Waals surface area contributed by atoms with E-state index < -0.39 is 0 Å². The fraction of sp³-hybridized carbons (Fsp3) is 0.364. The van der Waals surface area contributed by atoms with Gasteiger partial charge >= 0.3 is 0 Å². The SMILES string of the molecule is COc1ccc([C@@H]2NC(=O)[C@@H](C)S2)cc1. The zero-order valence-corrected chi connectivity index (χ0v) is 9.51. The molecule has 2 rings (SSSR count). The molecule has 1 amide bonds. The van der Waals surface area contributed by atoms with Crippen molar-refractivity contribution in [2.75, 3.05) is 7.11 Å². The van der Waals surface area contributed by atoms with Crippen molar-refractivity contribution in [3.8, 4) is 5.75 Å². The minimum atomic E-state index is 0.0390. The van der Waals surface area contributed by atoms with Crippen molar-refractivity contribution in [3.63, 3.8) is 0 Å². The molecule has 0 unspecified atom stereocenters. The Balaban J connectivity index is 2.13. The number of methoxy groups -OCH3 is 1. The number of rotatable bonds is 2. The summed E-state index contributed by atoms with van der Waals surface area (Å²) in [5, 5.41) is 3.06. The Hall–Kier alpha value is -1.16. The standard InChI is InChI=1S/C11H13NO2S/c1-7-10(13)12-11(15-7)8-3-5-9(14-2)6-4-8/h3-7,11H,1-2H3,(H,12,13)/t7-,11-/m1/s1. The van der Waals surface area contributed by atoms with Gasteiger partial charge in [-0.25, -0.2) is 0 Å². The number of carbonyl (C=O) groups excluding carboxylic acids is 1. The largest absolute Gasteiger partial charge is 0.497 e. The van der Waals surface area contributed by atoms with Crippen molar-refractivity contribution < 1.29 is 9.53 Å². The van der Waals surface area contributed by atoms with E-state index >= 15 is 0 Å². The fourth-order valence-electron chi connectivity index (χ4n) is 1.49. The summed E-state index contributed by atoms with van der Waals surface area (Å²) >= 11 is 1.64. The van der Waals surface area contributed by atoms with E-state index in [1.165, 1.54) is 0 Å². The summed E-state index contributed by atoms with van der Waals surface area (Å²) in [6.07, 6.45) is 0. The minimum absolute atomic E-state index is 0.0390. The highest BCUT2D eigenvalue weighted by atomic mass is 32.2. The zero-order valence-electron chi connectivity index (χ0n) is 8.69. The van der Waals surface area contributed by atoms with E-state index in [1.807, 2.05) is 31.2 Å².